The molecule has 0 bridgehead atoms. The van der Waals surface area contributed by atoms with E-state index in [0.29, 0.717) is 30.0 Å². The molecule has 2 atom stereocenters. The summed E-state index contributed by atoms with van der Waals surface area (Å²) in [5.74, 6) is -0.165. The second kappa shape index (κ2) is 9.66. The first-order valence-electron chi connectivity index (χ1n) is 12.1. The zero-order valence-corrected chi connectivity index (χ0v) is 20.6. The van der Waals surface area contributed by atoms with Gasteiger partial charge in [0.2, 0.25) is 5.91 Å². The third-order valence-corrected chi connectivity index (χ3v) is 7.87. The van der Waals surface area contributed by atoms with Gasteiger partial charge in [-0.25, -0.2) is 4.79 Å². The van der Waals surface area contributed by atoms with Gasteiger partial charge in [0.25, 0.3) is 11.8 Å². The number of halogens is 1. The number of benzene rings is 1. The molecule has 4 heterocycles. The van der Waals surface area contributed by atoms with Crippen molar-refractivity contribution in [3.05, 3.63) is 28.8 Å². The van der Waals surface area contributed by atoms with Crippen LogP contribution >= 0.6 is 11.6 Å². The van der Waals surface area contributed by atoms with Crippen molar-refractivity contribution in [2.75, 3.05) is 57.3 Å². The number of carbonyl (C=O) groups is 4. The summed E-state index contributed by atoms with van der Waals surface area (Å²) in [4.78, 5) is 60.6. The van der Waals surface area contributed by atoms with Crippen LogP contribution in [0.1, 0.15) is 25.3 Å². The van der Waals surface area contributed by atoms with E-state index in [1.54, 1.807) is 11.8 Å². The zero-order chi connectivity index (χ0) is 24.7. The van der Waals surface area contributed by atoms with Crippen LogP contribution < -0.4 is 4.90 Å². The van der Waals surface area contributed by atoms with E-state index in [4.69, 9.17) is 16.4 Å². The van der Waals surface area contributed by atoms with Crippen LogP contribution in [0, 0.1) is 11.8 Å². The Morgan fingerprint density at radius 2 is 1.57 bits per heavy atom. The third kappa shape index (κ3) is 4.95. The Bertz CT molecular complexity index is 1010. The quantitative estimate of drug-likeness (QED) is 0.576. The Morgan fingerprint density at radius 1 is 0.943 bits per heavy atom. The molecule has 4 saturated heterocycles. The van der Waals surface area contributed by atoms with Crippen LogP contribution in [0.4, 0.5) is 10.5 Å². The summed E-state index contributed by atoms with van der Waals surface area (Å²) in [6.07, 6.45) is -0.448. The molecule has 4 fully saturated rings. The molecular weight excluding hydrogens is 474 g/mol. The lowest BCUT2D eigenvalue weighted by Gasteiger charge is -2.35. The first-order chi connectivity index (χ1) is 16.8. The number of hydroxylamine groups is 2. The van der Waals surface area contributed by atoms with Crippen LogP contribution in [0.2, 0.25) is 5.02 Å². The van der Waals surface area contributed by atoms with Crippen molar-refractivity contribution in [2.24, 2.45) is 11.8 Å². The number of rotatable bonds is 4. The van der Waals surface area contributed by atoms with Crippen LogP contribution in [-0.4, -0.2) is 95.9 Å². The van der Waals surface area contributed by atoms with Gasteiger partial charge in [-0.2, -0.15) is 0 Å². The fourth-order valence-corrected chi connectivity index (χ4v) is 5.78. The predicted octanol–water partition coefficient (Wildman–Crippen LogP) is 1.57. The number of hydrogen-bond acceptors (Lipinski definition) is 7. The summed E-state index contributed by atoms with van der Waals surface area (Å²) >= 11 is 6.65. The van der Waals surface area contributed by atoms with Gasteiger partial charge in [0, 0.05) is 89.4 Å². The fourth-order valence-electron chi connectivity index (χ4n) is 5.54. The second-order valence-corrected chi connectivity index (χ2v) is 10.2. The number of imide groups is 1. The standard InChI is InChI=1S/C24H30ClN5O5/c1-16(31)27-6-8-28(9-7-27)20-3-2-17(21(25)10-20)11-26-12-18-14-29(15-19(18)13-26)24(34)35-30-22(32)4-5-23(30)33/h2-3,10,18-19H,4-9,11-15H2,1H3. The Balaban J connectivity index is 1.12. The lowest BCUT2D eigenvalue weighted by Crippen LogP contribution is -2.48. The maximum atomic E-state index is 12.5. The first kappa shape index (κ1) is 23.9. The van der Waals surface area contributed by atoms with Gasteiger partial charge in [-0.05, 0) is 29.5 Å². The van der Waals surface area contributed by atoms with E-state index < -0.39 is 17.9 Å². The van der Waals surface area contributed by atoms with Crippen LogP contribution in [0.15, 0.2) is 18.2 Å². The Morgan fingerprint density at radius 3 is 2.14 bits per heavy atom. The molecule has 2 unspecified atom stereocenters. The highest BCUT2D eigenvalue weighted by Crippen LogP contribution is 2.34. The molecule has 0 spiro atoms. The summed E-state index contributed by atoms with van der Waals surface area (Å²) in [6.45, 7) is 8.18. The summed E-state index contributed by atoms with van der Waals surface area (Å²) in [5, 5.41) is 1.34. The third-order valence-electron chi connectivity index (χ3n) is 7.52. The molecule has 4 amide bonds. The zero-order valence-electron chi connectivity index (χ0n) is 19.8. The number of carbonyl (C=O) groups excluding carboxylic acids is 4. The van der Waals surface area contributed by atoms with Gasteiger partial charge in [-0.1, -0.05) is 17.7 Å². The van der Waals surface area contributed by atoms with Gasteiger partial charge in [-0.15, -0.1) is 5.06 Å². The van der Waals surface area contributed by atoms with Gasteiger partial charge < -0.3 is 19.5 Å². The van der Waals surface area contributed by atoms with Crippen molar-refractivity contribution in [3.8, 4) is 0 Å². The summed E-state index contributed by atoms with van der Waals surface area (Å²) in [5.41, 5.74) is 2.14. The summed E-state index contributed by atoms with van der Waals surface area (Å²) in [6, 6.07) is 6.19. The number of hydrogen-bond donors (Lipinski definition) is 0. The van der Waals surface area contributed by atoms with Crippen molar-refractivity contribution in [2.45, 2.75) is 26.3 Å². The largest absolute Gasteiger partial charge is 0.434 e. The van der Waals surface area contributed by atoms with E-state index in [2.05, 4.69) is 21.9 Å². The monoisotopic (exact) mass is 503 g/mol. The minimum atomic E-state index is -0.627. The highest BCUT2D eigenvalue weighted by Gasteiger charge is 2.43. The average Bonchev–Trinajstić information content (AvgIpc) is 3.49. The molecule has 4 aliphatic rings. The van der Waals surface area contributed by atoms with E-state index in [1.807, 2.05) is 11.0 Å². The average molecular weight is 504 g/mol. The molecule has 0 saturated carbocycles. The topological polar surface area (TPSA) is 93.7 Å². The van der Waals surface area contributed by atoms with Gasteiger partial charge in [0.05, 0.1) is 0 Å². The minimum absolute atomic E-state index is 0.0896. The number of likely N-dealkylation sites (tertiary alicyclic amines) is 2. The number of amides is 4. The number of nitrogens with zero attached hydrogens (tertiary/aromatic N) is 5. The second-order valence-electron chi connectivity index (χ2n) is 9.83. The van der Waals surface area contributed by atoms with Crippen LogP contribution in [0.25, 0.3) is 0 Å². The molecule has 0 radical (unpaired) electrons. The lowest BCUT2D eigenvalue weighted by molar-refractivity contribution is -0.173. The van der Waals surface area contributed by atoms with Crippen molar-refractivity contribution in [3.63, 3.8) is 0 Å². The SMILES string of the molecule is CC(=O)N1CCN(c2ccc(CN3CC4CN(C(=O)ON5C(=O)CCC5=O)CC4C3)c(Cl)c2)CC1. The molecule has 11 heteroatoms. The lowest BCUT2D eigenvalue weighted by atomic mass is 10.0. The number of fused-ring (bicyclic) bond motifs is 1. The maximum absolute atomic E-state index is 12.5. The molecular formula is C24H30ClN5O5. The number of piperazine rings is 1. The van der Waals surface area contributed by atoms with E-state index in [1.165, 1.54) is 0 Å². The molecule has 4 aliphatic heterocycles. The molecule has 35 heavy (non-hydrogen) atoms. The van der Waals surface area contributed by atoms with Crippen LogP contribution in [0.5, 0.6) is 0 Å². The Hall–Kier alpha value is -2.85. The molecule has 0 N–H and O–H groups in total. The van der Waals surface area contributed by atoms with Gasteiger partial charge in [0.1, 0.15) is 0 Å². The van der Waals surface area contributed by atoms with E-state index in [9.17, 15) is 19.2 Å². The highest BCUT2D eigenvalue weighted by molar-refractivity contribution is 6.31. The molecule has 0 aliphatic carbocycles. The van der Waals surface area contributed by atoms with Gasteiger partial charge in [-0.3, -0.25) is 19.3 Å². The van der Waals surface area contributed by atoms with Crippen molar-refractivity contribution >= 4 is 41.1 Å². The molecule has 10 nitrogen and oxygen atoms in total. The van der Waals surface area contributed by atoms with Crippen molar-refractivity contribution < 1.29 is 24.0 Å². The van der Waals surface area contributed by atoms with Gasteiger partial charge in [0.15, 0.2) is 0 Å². The van der Waals surface area contributed by atoms with Crippen molar-refractivity contribution in [1.82, 2.24) is 19.8 Å². The molecule has 1 aromatic carbocycles. The Kier molecular flexibility index (Phi) is 6.59. The predicted molar refractivity (Wildman–Crippen MR) is 127 cm³/mol. The van der Waals surface area contributed by atoms with E-state index in [-0.39, 0.29) is 18.7 Å². The van der Waals surface area contributed by atoms with E-state index in [0.717, 1.165) is 62.1 Å². The Labute approximate surface area is 209 Å². The number of anilines is 1. The van der Waals surface area contributed by atoms with Crippen molar-refractivity contribution in [1.29, 1.82) is 0 Å². The van der Waals surface area contributed by atoms with E-state index >= 15 is 0 Å². The smallest absolute Gasteiger partial charge is 0.368 e. The highest BCUT2D eigenvalue weighted by atomic mass is 35.5. The molecule has 5 rings (SSSR count). The molecule has 188 valence electrons. The van der Waals surface area contributed by atoms with Crippen LogP contribution in [-0.2, 0) is 25.8 Å². The summed E-state index contributed by atoms with van der Waals surface area (Å²) in [7, 11) is 0. The summed E-state index contributed by atoms with van der Waals surface area (Å²) < 4.78 is 0. The van der Waals surface area contributed by atoms with Gasteiger partial charge >= 0.3 is 6.09 Å². The minimum Gasteiger partial charge on any atom is -0.368 e. The molecule has 1 aromatic rings. The first-order valence-corrected chi connectivity index (χ1v) is 12.5. The van der Waals surface area contributed by atoms with Crippen LogP contribution in [0.3, 0.4) is 0 Å². The maximum Gasteiger partial charge on any atom is 0.434 e. The normalized spacial score (nSPS) is 25.0. The fraction of sp³-hybridized carbons (Fsp3) is 0.583. The molecule has 0 aromatic heterocycles.